The van der Waals surface area contributed by atoms with Crippen molar-refractivity contribution in [1.29, 1.82) is 0 Å². The number of hydrogen-bond acceptors (Lipinski definition) is 2. The lowest BCUT2D eigenvalue weighted by atomic mass is 10.0. The van der Waals surface area contributed by atoms with E-state index < -0.39 is 0 Å². The van der Waals surface area contributed by atoms with Crippen molar-refractivity contribution in [2.45, 2.75) is 32.2 Å². The third-order valence-electron chi connectivity index (χ3n) is 4.44. The topological polar surface area (TPSA) is 36.9 Å². The van der Waals surface area contributed by atoms with Gasteiger partial charge in [0.1, 0.15) is 0 Å². The summed E-state index contributed by atoms with van der Waals surface area (Å²) < 4.78 is 5.67. The van der Waals surface area contributed by atoms with E-state index in [9.17, 15) is 0 Å². The number of ether oxygens (including phenoxy) is 1. The molecule has 2 aliphatic rings. The first-order valence-electron chi connectivity index (χ1n) is 8.47. The quantitative estimate of drug-likeness (QED) is 0.327. The van der Waals surface area contributed by atoms with Crippen LogP contribution in [0.25, 0.3) is 0 Å². The molecule has 1 fully saturated rings. The Kier molecular flexibility index (Phi) is 7.62. The Hall–Kier alpha value is -0.820. The lowest BCUT2D eigenvalue weighted by molar-refractivity contribution is 0.122. The van der Waals surface area contributed by atoms with Crippen LogP contribution >= 0.6 is 24.0 Å². The van der Waals surface area contributed by atoms with E-state index in [1.165, 1.54) is 24.0 Å². The van der Waals surface area contributed by atoms with Gasteiger partial charge in [0.2, 0.25) is 0 Å². The van der Waals surface area contributed by atoms with Crippen molar-refractivity contribution < 1.29 is 4.74 Å². The standard InChI is InChI=1S/C18H27N3O.HI/c1-19-18(20-10-4-12-22-14-15-7-8-15)21-11-9-16-5-2-3-6-17(16)13-21;/h2-3,5-6,15H,4,7-14H2,1H3,(H,19,20);1H. The van der Waals surface area contributed by atoms with Crippen molar-refractivity contribution in [3.63, 3.8) is 0 Å². The van der Waals surface area contributed by atoms with Crippen LogP contribution in [0.3, 0.4) is 0 Å². The Morgan fingerprint density at radius 3 is 2.83 bits per heavy atom. The third kappa shape index (κ3) is 5.64. The summed E-state index contributed by atoms with van der Waals surface area (Å²) in [6, 6.07) is 8.71. The molecule has 0 radical (unpaired) electrons. The first-order chi connectivity index (χ1) is 10.9. The molecule has 1 aromatic rings. The second-order valence-corrected chi connectivity index (χ2v) is 6.29. The van der Waals surface area contributed by atoms with Gasteiger partial charge in [-0.05, 0) is 42.7 Å². The molecule has 128 valence electrons. The Balaban J connectivity index is 0.00000192. The van der Waals surface area contributed by atoms with Gasteiger partial charge in [-0.1, -0.05) is 24.3 Å². The van der Waals surface area contributed by atoms with Gasteiger partial charge in [-0.15, -0.1) is 24.0 Å². The molecule has 0 amide bonds. The minimum Gasteiger partial charge on any atom is -0.381 e. The van der Waals surface area contributed by atoms with Gasteiger partial charge in [-0.3, -0.25) is 4.99 Å². The fourth-order valence-electron chi connectivity index (χ4n) is 2.92. The van der Waals surface area contributed by atoms with Gasteiger partial charge in [0.05, 0.1) is 0 Å². The molecule has 0 unspecified atom stereocenters. The highest BCUT2D eigenvalue weighted by Crippen LogP contribution is 2.28. The van der Waals surface area contributed by atoms with E-state index in [-0.39, 0.29) is 24.0 Å². The van der Waals surface area contributed by atoms with E-state index in [0.29, 0.717) is 0 Å². The van der Waals surface area contributed by atoms with Crippen LogP contribution in [0.5, 0.6) is 0 Å². The van der Waals surface area contributed by atoms with Crippen molar-refractivity contribution in [2.75, 3.05) is 33.4 Å². The zero-order valence-electron chi connectivity index (χ0n) is 14.0. The Morgan fingerprint density at radius 1 is 1.30 bits per heavy atom. The summed E-state index contributed by atoms with van der Waals surface area (Å²) >= 11 is 0. The molecule has 1 aliphatic heterocycles. The summed E-state index contributed by atoms with van der Waals surface area (Å²) in [6.45, 7) is 4.72. The van der Waals surface area contributed by atoms with E-state index in [2.05, 4.69) is 39.5 Å². The fraction of sp³-hybridized carbons (Fsp3) is 0.611. The van der Waals surface area contributed by atoms with Crippen LogP contribution in [0, 0.1) is 5.92 Å². The lowest BCUT2D eigenvalue weighted by Crippen LogP contribution is -2.44. The molecular weight excluding hydrogens is 401 g/mol. The monoisotopic (exact) mass is 429 g/mol. The van der Waals surface area contributed by atoms with Gasteiger partial charge in [0.15, 0.2) is 5.96 Å². The minimum absolute atomic E-state index is 0. The summed E-state index contributed by atoms with van der Waals surface area (Å²) in [5, 5.41) is 3.47. The smallest absolute Gasteiger partial charge is 0.193 e. The average Bonchev–Trinajstić information content (AvgIpc) is 3.38. The molecule has 1 saturated carbocycles. The Morgan fingerprint density at radius 2 is 2.09 bits per heavy atom. The maximum absolute atomic E-state index is 5.67. The van der Waals surface area contributed by atoms with Crippen LogP contribution in [0.2, 0.25) is 0 Å². The molecule has 1 heterocycles. The van der Waals surface area contributed by atoms with Crippen LogP contribution in [0.15, 0.2) is 29.3 Å². The van der Waals surface area contributed by atoms with Gasteiger partial charge in [0, 0.05) is 39.9 Å². The molecular formula is C18H28IN3O. The van der Waals surface area contributed by atoms with E-state index >= 15 is 0 Å². The first kappa shape index (κ1) is 18.5. The summed E-state index contributed by atoms with van der Waals surface area (Å²) in [5.74, 6) is 1.87. The molecule has 3 rings (SSSR count). The van der Waals surface area contributed by atoms with Crippen LogP contribution in [0.1, 0.15) is 30.4 Å². The van der Waals surface area contributed by atoms with Gasteiger partial charge in [-0.25, -0.2) is 0 Å². The Bertz CT molecular complexity index is 517. The number of nitrogens with zero attached hydrogens (tertiary/aromatic N) is 2. The number of halogens is 1. The molecule has 0 bridgehead atoms. The normalized spacial score (nSPS) is 17.4. The molecule has 1 aliphatic carbocycles. The van der Waals surface area contributed by atoms with Crippen molar-refractivity contribution in [3.8, 4) is 0 Å². The first-order valence-corrected chi connectivity index (χ1v) is 8.47. The van der Waals surface area contributed by atoms with Gasteiger partial charge < -0.3 is 15.0 Å². The predicted molar refractivity (Wildman–Crippen MR) is 105 cm³/mol. The van der Waals surface area contributed by atoms with Gasteiger partial charge in [0.25, 0.3) is 0 Å². The molecule has 0 spiro atoms. The highest BCUT2D eigenvalue weighted by Gasteiger charge is 2.21. The summed E-state index contributed by atoms with van der Waals surface area (Å²) in [6.07, 6.45) is 4.86. The van der Waals surface area contributed by atoms with Crippen LogP contribution in [-0.2, 0) is 17.7 Å². The summed E-state index contributed by atoms with van der Waals surface area (Å²) in [4.78, 5) is 6.77. The highest BCUT2D eigenvalue weighted by molar-refractivity contribution is 14.0. The zero-order chi connectivity index (χ0) is 15.2. The Labute approximate surface area is 156 Å². The van der Waals surface area contributed by atoms with E-state index in [0.717, 1.165) is 57.6 Å². The molecule has 0 atom stereocenters. The summed E-state index contributed by atoms with van der Waals surface area (Å²) in [7, 11) is 1.87. The highest BCUT2D eigenvalue weighted by atomic mass is 127. The third-order valence-corrected chi connectivity index (χ3v) is 4.44. The second kappa shape index (κ2) is 9.47. The van der Waals surface area contributed by atoms with Gasteiger partial charge in [-0.2, -0.15) is 0 Å². The van der Waals surface area contributed by atoms with Crippen molar-refractivity contribution in [3.05, 3.63) is 35.4 Å². The maximum atomic E-state index is 5.67. The number of nitrogens with one attached hydrogen (secondary N) is 1. The van der Waals surface area contributed by atoms with Crippen LogP contribution < -0.4 is 5.32 Å². The van der Waals surface area contributed by atoms with Crippen LogP contribution in [-0.4, -0.2) is 44.2 Å². The zero-order valence-corrected chi connectivity index (χ0v) is 16.3. The molecule has 5 heteroatoms. The largest absolute Gasteiger partial charge is 0.381 e. The van der Waals surface area contributed by atoms with E-state index in [1.807, 2.05) is 7.05 Å². The second-order valence-electron chi connectivity index (χ2n) is 6.29. The molecule has 0 saturated heterocycles. The van der Waals surface area contributed by atoms with Crippen molar-refractivity contribution in [1.82, 2.24) is 10.2 Å². The van der Waals surface area contributed by atoms with Crippen molar-refractivity contribution in [2.24, 2.45) is 10.9 Å². The molecule has 0 aromatic heterocycles. The number of hydrogen-bond donors (Lipinski definition) is 1. The molecule has 1 N–H and O–H groups in total. The van der Waals surface area contributed by atoms with Gasteiger partial charge >= 0.3 is 0 Å². The number of guanidine groups is 1. The minimum atomic E-state index is 0. The number of rotatable bonds is 6. The average molecular weight is 429 g/mol. The lowest BCUT2D eigenvalue weighted by Gasteiger charge is -2.31. The van der Waals surface area contributed by atoms with E-state index in [1.54, 1.807) is 0 Å². The number of aliphatic imine (C=N–C) groups is 1. The summed E-state index contributed by atoms with van der Waals surface area (Å²) in [5.41, 5.74) is 2.90. The molecule has 23 heavy (non-hydrogen) atoms. The fourth-order valence-corrected chi connectivity index (χ4v) is 2.92. The SMILES string of the molecule is CN=C(NCCCOCC1CC1)N1CCc2ccccc2C1.I. The van der Waals surface area contributed by atoms with Crippen molar-refractivity contribution >= 4 is 29.9 Å². The maximum Gasteiger partial charge on any atom is 0.193 e. The molecule has 4 nitrogen and oxygen atoms in total. The predicted octanol–water partition coefficient (Wildman–Crippen LogP) is 3.05. The number of benzene rings is 1. The van der Waals surface area contributed by atoms with Crippen LogP contribution in [0.4, 0.5) is 0 Å². The number of fused-ring (bicyclic) bond motifs is 1. The van der Waals surface area contributed by atoms with E-state index in [4.69, 9.17) is 4.74 Å². The molecule has 1 aromatic carbocycles.